The van der Waals surface area contributed by atoms with Crippen molar-refractivity contribution in [3.63, 3.8) is 0 Å². The third-order valence-electron chi connectivity index (χ3n) is 6.36. The summed E-state index contributed by atoms with van der Waals surface area (Å²) >= 11 is 6.22. The molecular weight excluding hydrogens is 554 g/mol. The van der Waals surface area contributed by atoms with Crippen molar-refractivity contribution in [1.29, 1.82) is 0 Å². The first-order valence-corrected chi connectivity index (χ1v) is 15.1. The smallest absolute Gasteiger partial charge is 0.244 e. The van der Waals surface area contributed by atoms with Gasteiger partial charge in [-0.2, -0.15) is 0 Å². The summed E-state index contributed by atoms with van der Waals surface area (Å²) in [6.07, 6.45) is 1.27. The fourth-order valence-corrected chi connectivity index (χ4v) is 5.53. The molecule has 40 heavy (non-hydrogen) atoms. The lowest BCUT2D eigenvalue weighted by atomic mass is 10.0. The number of hydrogen-bond acceptors (Lipinski definition) is 6. The van der Waals surface area contributed by atoms with Crippen LogP contribution in [0, 0.1) is 0 Å². The summed E-state index contributed by atoms with van der Waals surface area (Å²) in [5.41, 5.74) is 1.81. The largest absolute Gasteiger partial charge is 0.486 e. The van der Waals surface area contributed by atoms with Crippen LogP contribution in [-0.2, 0) is 32.6 Å². The molecule has 1 aliphatic rings. The maximum atomic E-state index is 14.0. The third-order valence-corrected chi connectivity index (χ3v) is 7.73. The van der Waals surface area contributed by atoms with E-state index in [0.29, 0.717) is 41.8 Å². The normalized spacial score (nSPS) is 13.3. The van der Waals surface area contributed by atoms with Gasteiger partial charge in [-0.1, -0.05) is 54.1 Å². The predicted octanol–water partition coefficient (Wildman–Crippen LogP) is 3.65. The molecule has 0 aromatic heterocycles. The molecule has 0 saturated carbocycles. The average molecular weight is 586 g/mol. The number of nitrogens with one attached hydrogen (secondary N) is 1. The lowest BCUT2D eigenvalue weighted by Crippen LogP contribution is -2.53. The van der Waals surface area contributed by atoms with Crippen molar-refractivity contribution >= 4 is 39.1 Å². The SMILES string of the molecule is CCNC(=O)[C@@H](Cc1ccccc1)N(Cc1cccc(Cl)c1)C(=O)CN(c1ccc2c(c1)OCCO2)S(C)(=O)=O. The van der Waals surface area contributed by atoms with Crippen molar-refractivity contribution in [2.45, 2.75) is 25.9 Å². The number of fused-ring (bicyclic) bond motifs is 1. The molecule has 1 heterocycles. The van der Waals surface area contributed by atoms with Crippen LogP contribution >= 0.6 is 11.6 Å². The summed E-state index contributed by atoms with van der Waals surface area (Å²) in [5, 5.41) is 3.31. The van der Waals surface area contributed by atoms with Gasteiger partial charge in [0.05, 0.1) is 11.9 Å². The molecule has 1 atom stereocenters. The first-order valence-electron chi connectivity index (χ1n) is 12.9. The van der Waals surface area contributed by atoms with E-state index in [1.807, 2.05) is 30.3 Å². The minimum atomic E-state index is -3.90. The fourth-order valence-electron chi connectivity index (χ4n) is 4.48. The molecule has 1 N–H and O–H groups in total. The second-order valence-electron chi connectivity index (χ2n) is 9.35. The van der Waals surface area contributed by atoms with Crippen LogP contribution in [0.15, 0.2) is 72.8 Å². The van der Waals surface area contributed by atoms with Crippen molar-refractivity contribution in [2.24, 2.45) is 0 Å². The van der Waals surface area contributed by atoms with Crippen molar-refractivity contribution < 1.29 is 27.5 Å². The molecule has 0 unspecified atom stereocenters. The number of anilines is 1. The van der Waals surface area contributed by atoms with Crippen LogP contribution < -0.4 is 19.1 Å². The van der Waals surface area contributed by atoms with Crippen molar-refractivity contribution in [3.05, 3.63) is 88.9 Å². The lowest BCUT2D eigenvalue weighted by molar-refractivity contribution is -0.140. The number of halogens is 1. The molecular formula is C29H32ClN3O6S. The molecule has 9 nitrogen and oxygen atoms in total. The molecule has 1 aliphatic heterocycles. The van der Waals surface area contributed by atoms with Crippen LogP contribution in [0.5, 0.6) is 11.5 Å². The summed E-state index contributed by atoms with van der Waals surface area (Å²) < 4.78 is 38.1. The zero-order valence-corrected chi connectivity index (χ0v) is 24.0. The van der Waals surface area contributed by atoms with E-state index in [-0.39, 0.29) is 24.6 Å². The number of carbonyl (C=O) groups excluding carboxylic acids is 2. The van der Waals surface area contributed by atoms with Gasteiger partial charge in [0, 0.05) is 30.6 Å². The molecule has 11 heteroatoms. The molecule has 0 bridgehead atoms. The van der Waals surface area contributed by atoms with E-state index >= 15 is 0 Å². The van der Waals surface area contributed by atoms with Crippen molar-refractivity contribution in [3.8, 4) is 11.5 Å². The van der Waals surface area contributed by atoms with E-state index in [9.17, 15) is 18.0 Å². The minimum Gasteiger partial charge on any atom is -0.486 e. The number of ether oxygens (including phenoxy) is 2. The highest BCUT2D eigenvalue weighted by molar-refractivity contribution is 7.92. The summed E-state index contributed by atoms with van der Waals surface area (Å²) in [6, 6.07) is 20.2. The van der Waals surface area contributed by atoms with Crippen LogP contribution in [0.2, 0.25) is 5.02 Å². The Bertz CT molecular complexity index is 1450. The summed E-state index contributed by atoms with van der Waals surface area (Å²) in [7, 11) is -3.90. The Morgan fingerprint density at radius 2 is 1.65 bits per heavy atom. The van der Waals surface area contributed by atoms with E-state index in [0.717, 1.165) is 16.1 Å². The molecule has 0 fully saturated rings. The number of hydrogen-bond donors (Lipinski definition) is 1. The quantitative estimate of drug-likeness (QED) is 0.368. The first-order chi connectivity index (χ1) is 19.2. The molecule has 0 spiro atoms. The Hall–Kier alpha value is -3.76. The van der Waals surface area contributed by atoms with E-state index in [4.69, 9.17) is 21.1 Å². The third kappa shape index (κ3) is 7.45. The molecule has 212 valence electrons. The standard InChI is InChI=1S/C29H32ClN3O6S/c1-3-31-29(35)25(17-21-8-5-4-6-9-21)32(19-22-10-7-11-23(30)16-22)28(34)20-33(40(2,36)37)24-12-13-26-27(18-24)39-15-14-38-26/h4-13,16,18,25H,3,14-15,17,19-20H2,1-2H3,(H,31,35)/t25-/m1/s1. The summed E-state index contributed by atoms with van der Waals surface area (Å²) in [6.45, 7) is 2.41. The van der Waals surface area contributed by atoms with E-state index in [2.05, 4.69) is 5.32 Å². The van der Waals surface area contributed by atoms with Crippen LogP contribution in [0.1, 0.15) is 18.1 Å². The maximum absolute atomic E-state index is 14.0. The van der Waals surface area contributed by atoms with Crippen molar-refractivity contribution in [2.75, 3.05) is 36.9 Å². The van der Waals surface area contributed by atoms with Gasteiger partial charge in [-0.25, -0.2) is 8.42 Å². The van der Waals surface area contributed by atoms with Gasteiger partial charge in [0.1, 0.15) is 25.8 Å². The zero-order chi connectivity index (χ0) is 28.7. The minimum absolute atomic E-state index is 0.0484. The molecule has 3 aromatic rings. The monoisotopic (exact) mass is 585 g/mol. The number of sulfonamides is 1. The Morgan fingerprint density at radius 3 is 2.33 bits per heavy atom. The van der Waals surface area contributed by atoms with Gasteiger partial charge in [0.15, 0.2) is 11.5 Å². The first kappa shape index (κ1) is 29.2. The maximum Gasteiger partial charge on any atom is 0.244 e. The Labute approximate surface area is 239 Å². The number of benzene rings is 3. The highest BCUT2D eigenvalue weighted by Crippen LogP contribution is 2.34. The van der Waals surface area contributed by atoms with Gasteiger partial charge in [-0.15, -0.1) is 0 Å². The van der Waals surface area contributed by atoms with Gasteiger partial charge in [0.2, 0.25) is 21.8 Å². The molecule has 0 radical (unpaired) electrons. The Kier molecular flexibility index (Phi) is 9.54. The zero-order valence-electron chi connectivity index (χ0n) is 22.4. The van der Waals surface area contributed by atoms with E-state index in [1.54, 1.807) is 43.3 Å². The second kappa shape index (κ2) is 13.1. The van der Waals surface area contributed by atoms with Gasteiger partial charge < -0.3 is 19.7 Å². The second-order valence-corrected chi connectivity index (χ2v) is 11.7. The van der Waals surface area contributed by atoms with Gasteiger partial charge in [0.25, 0.3) is 0 Å². The molecule has 0 saturated heterocycles. The lowest BCUT2D eigenvalue weighted by Gasteiger charge is -2.33. The number of likely N-dealkylation sites (N-methyl/N-ethyl adjacent to an activating group) is 1. The summed E-state index contributed by atoms with van der Waals surface area (Å²) in [5.74, 6) is 0.000808. The van der Waals surface area contributed by atoms with Crippen LogP contribution in [0.25, 0.3) is 0 Å². The van der Waals surface area contributed by atoms with Gasteiger partial charge >= 0.3 is 0 Å². The average Bonchev–Trinajstić information content (AvgIpc) is 2.93. The molecule has 3 aromatic carbocycles. The van der Waals surface area contributed by atoms with Crippen LogP contribution in [-0.4, -0.2) is 63.7 Å². The van der Waals surface area contributed by atoms with E-state index < -0.39 is 28.5 Å². The number of nitrogens with zero attached hydrogens (tertiary/aromatic N) is 2. The highest BCUT2D eigenvalue weighted by atomic mass is 35.5. The van der Waals surface area contributed by atoms with Crippen molar-refractivity contribution in [1.82, 2.24) is 10.2 Å². The molecule has 2 amide bonds. The van der Waals surface area contributed by atoms with Crippen LogP contribution in [0.4, 0.5) is 5.69 Å². The Balaban J connectivity index is 1.72. The number of amides is 2. The molecule has 4 rings (SSSR count). The van der Waals surface area contributed by atoms with Gasteiger partial charge in [-0.05, 0) is 42.3 Å². The highest BCUT2D eigenvalue weighted by Gasteiger charge is 2.33. The predicted molar refractivity (Wildman–Crippen MR) is 154 cm³/mol. The van der Waals surface area contributed by atoms with Gasteiger partial charge in [-0.3, -0.25) is 13.9 Å². The Morgan fingerprint density at radius 1 is 0.950 bits per heavy atom. The summed E-state index contributed by atoms with van der Waals surface area (Å²) in [4.78, 5) is 28.8. The number of rotatable bonds is 11. The fraction of sp³-hybridized carbons (Fsp3) is 0.310. The molecule has 0 aliphatic carbocycles. The topological polar surface area (TPSA) is 105 Å². The van der Waals surface area contributed by atoms with Crippen LogP contribution in [0.3, 0.4) is 0 Å². The number of carbonyl (C=O) groups is 2. The van der Waals surface area contributed by atoms with E-state index in [1.165, 1.54) is 11.0 Å².